The zero-order chi connectivity index (χ0) is 25.8. The highest BCUT2D eigenvalue weighted by molar-refractivity contribution is 6.34. The maximum atomic E-state index is 13.1. The summed E-state index contributed by atoms with van der Waals surface area (Å²) in [5.41, 5.74) is 12.3. The van der Waals surface area contributed by atoms with Gasteiger partial charge in [-0.3, -0.25) is 9.79 Å². The van der Waals surface area contributed by atoms with Crippen molar-refractivity contribution in [2.45, 2.75) is 64.2 Å². The van der Waals surface area contributed by atoms with Gasteiger partial charge in [0.2, 0.25) is 0 Å². The lowest BCUT2D eigenvalue weighted by Gasteiger charge is -2.40. The predicted molar refractivity (Wildman–Crippen MR) is 143 cm³/mol. The first-order valence-electron chi connectivity index (χ1n) is 13.0. The van der Waals surface area contributed by atoms with Crippen LogP contribution in [0.15, 0.2) is 59.1 Å². The first kappa shape index (κ1) is 26.3. The van der Waals surface area contributed by atoms with Gasteiger partial charge in [0.05, 0.1) is 37.6 Å². The van der Waals surface area contributed by atoms with Crippen LogP contribution in [-0.2, 0) is 11.2 Å². The maximum absolute atomic E-state index is 13.1. The number of ether oxygens (including phenoxy) is 1. The Morgan fingerprint density at radius 3 is 2.36 bits per heavy atom. The Hall–Kier alpha value is -2.80. The summed E-state index contributed by atoms with van der Waals surface area (Å²) in [6, 6.07) is 15.7. The highest BCUT2D eigenvalue weighted by Gasteiger charge is 2.39. The number of Topliss-reactive ketones (excluding diaryl/α,β-unsaturated/α-hetero) is 1. The predicted octanol–water partition coefficient (Wildman–Crippen LogP) is 3.96. The van der Waals surface area contributed by atoms with Gasteiger partial charge in [0.15, 0.2) is 0 Å². The summed E-state index contributed by atoms with van der Waals surface area (Å²) in [7, 11) is 1.65. The van der Waals surface area contributed by atoms with Crippen LogP contribution in [0.2, 0.25) is 0 Å². The van der Waals surface area contributed by atoms with E-state index in [9.17, 15) is 15.0 Å². The van der Waals surface area contributed by atoms with Gasteiger partial charge in [0.1, 0.15) is 11.5 Å². The molecule has 1 aliphatic carbocycles. The largest absolute Gasteiger partial charge is 0.497 e. The van der Waals surface area contributed by atoms with E-state index in [0.29, 0.717) is 32.2 Å². The monoisotopic (exact) mass is 490 g/mol. The molecular weight excluding hydrogens is 452 g/mol. The number of ketones is 1. The van der Waals surface area contributed by atoms with Gasteiger partial charge < -0.3 is 20.7 Å². The van der Waals surface area contributed by atoms with Crippen LogP contribution in [0.1, 0.15) is 56.2 Å². The van der Waals surface area contributed by atoms with Crippen molar-refractivity contribution in [2.75, 3.05) is 13.7 Å². The number of aliphatic hydroxyl groups is 2. The lowest BCUT2D eigenvalue weighted by molar-refractivity contribution is -0.119. The minimum atomic E-state index is -0.786. The minimum absolute atomic E-state index is 0.0118. The second-order valence-corrected chi connectivity index (χ2v) is 10.2. The number of hydrogen-bond acceptors (Lipinski definition) is 6. The Kier molecular flexibility index (Phi) is 8.39. The van der Waals surface area contributed by atoms with Crippen LogP contribution in [0.4, 0.5) is 0 Å². The van der Waals surface area contributed by atoms with Crippen molar-refractivity contribution in [1.29, 1.82) is 0 Å². The van der Waals surface area contributed by atoms with Crippen molar-refractivity contribution in [3.8, 4) is 5.75 Å². The standard InChI is InChI=1S/C30H38N2O4/c1-4-19-5-7-21(8-6-19)28-26(20-10-13-25(36-3)14-11-20)23(17-32-28)16-24(33)12-9-22-15-18(2)29(34)27(31)30(22)35/h5-8,10-11,13-14,18,22,27,29-30,34-35H,4,9,12,15-17,31H2,1-3H3. The zero-order valence-corrected chi connectivity index (χ0v) is 21.5. The van der Waals surface area contributed by atoms with Crippen LogP contribution in [-0.4, -0.2) is 53.6 Å². The first-order chi connectivity index (χ1) is 17.3. The molecule has 0 aromatic heterocycles. The van der Waals surface area contributed by atoms with E-state index in [1.165, 1.54) is 5.56 Å². The fraction of sp³-hybridized carbons (Fsp3) is 0.467. The number of aliphatic imine (C=N–C) groups is 1. The van der Waals surface area contributed by atoms with Crippen molar-refractivity contribution in [2.24, 2.45) is 22.6 Å². The summed E-state index contributed by atoms with van der Waals surface area (Å²) in [6.45, 7) is 4.58. The number of nitrogens with zero attached hydrogens (tertiary/aromatic N) is 1. The number of carbonyl (C=O) groups excluding carboxylic acids is 1. The van der Waals surface area contributed by atoms with E-state index in [2.05, 4.69) is 31.2 Å². The molecule has 0 saturated heterocycles. The first-order valence-corrected chi connectivity index (χ1v) is 13.0. The molecule has 2 aromatic rings. The Balaban J connectivity index is 1.53. The number of allylic oxidation sites excluding steroid dienone is 1. The molecule has 4 N–H and O–H groups in total. The molecule has 2 aliphatic rings. The molecule has 192 valence electrons. The Bertz CT molecular complexity index is 1120. The molecule has 6 nitrogen and oxygen atoms in total. The zero-order valence-electron chi connectivity index (χ0n) is 21.5. The van der Waals surface area contributed by atoms with Crippen molar-refractivity contribution in [3.05, 3.63) is 70.8 Å². The Morgan fingerprint density at radius 1 is 1.06 bits per heavy atom. The molecule has 1 saturated carbocycles. The Morgan fingerprint density at radius 2 is 1.72 bits per heavy atom. The number of rotatable bonds is 9. The fourth-order valence-electron chi connectivity index (χ4n) is 5.49. The second-order valence-electron chi connectivity index (χ2n) is 10.2. The third-order valence-electron chi connectivity index (χ3n) is 7.77. The lowest BCUT2D eigenvalue weighted by Crippen LogP contribution is -2.55. The highest BCUT2D eigenvalue weighted by atomic mass is 16.5. The SMILES string of the molecule is CCc1ccc(C2=NCC(CC(=O)CCC3CC(C)C(O)C(N)C3O)=C2c2ccc(OC)cc2)cc1. The molecule has 1 fully saturated rings. The summed E-state index contributed by atoms with van der Waals surface area (Å²) < 4.78 is 5.33. The summed E-state index contributed by atoms with van der Waals surface area (Å²) in [5.74, 6) is 0.848. The average Bonchev–Trinajstić information content (AvgIpc) is 3.32. The van der Waals surface area contributed by atoms with Gasteiger partial charge >= 0.3 is 0 Å². The summed E-state index contributed by atoms with van der Waals surface area (Å²) >= 11 is 0. The second kappa shape index (κ2) is 11.5. The van der Waals surface area contributed by atoms with Crippen molar-refractivity contribution >= 4 is 17.1 Å². The van der Waals surface area contributed by atoms with E-state index in [-0.39, 0.29) is 17.6 Å². The van der Waals surface area contributed by atoms with E-state index in [4.69, 9.17) is 15.5 Å². The van der Waals surface area contributed by atoms with Crippen LogP contribution >= 0.6 is 0 Å². The number of aliphatic hydroxyl groups excluding tert-OH is 2. The number of methoxy groups -OCH3 is 1. The van der Waals surface area contributed by atoms with Crippen LogP contribution in [0.3, 0.4) is 0 Å². The molecule has 2 aromatic carbocycles. The minimum Gasteiger partial charge on any atom is -0.497 e. The number of hydrogen-bond donors (Lipinski definition) is 3. The third-order valence-corrected chi connectivity index (χ3v) is 7.77. The Labute approximate surface area is 213 Å². The van der Waals surface area contributed by atoms with Gasteiger partial charge in [-0.25, -0.2) is 0 Å². The van der Waals surface area contributed by atoms with Gasteiger partial charge in [0, 0.05) is 24.0 Å². The molecule has 0 radical (unpaired) electrons. The topological polar surface area (TPSA) is 105 Å². The van der Waals surface area contributed by atoms with Crippen LogP contribution in [0.5, 0.6) is 5.75 Å². The number of benzene rings is 2. The number of aryl methyl sites for hydroxylation is 1. The van der Waals surface area contributed by atoms with Gasteiger partial charge in [-0.15, -0.1) is 0 Å². The molecule has 1 heterocycles. The van der Waals surface area contributed by atoms with E-state index in [0.717, 1.165) is 40.2 Å². The van der Waals surface area contributed by atoms with Crippen LogP contribution in [0.25, 0.3) is 5.57 Å². The molecule has 1 aliphatic heterocycles. The van der Waals surface area contributed by atoms with Crippen molar-refractivity contribution in [3.63, 3.8) is 0 Å². The highest BCUT2D eigenvalue weighted by Crippen LogP contribution is 2.34. The molecule has 5 unspecified atom stereocenters. The van der Waals surface area contributed by atoms with Gasteiger partial charge in [0.25, 0.3) is 0 Å². The van der Waals surface area contributed by atoms with Crippen molar-refractivity contribution < 1.29 is 19.7 Å². The average molecular weight is 491 g/mol. The van der Waals surface area contributed by atoms with E-state index in [1.807, 2.05) is 31.2 Å². The summed E-state index contributed by atoms with van der Waals surface area (Å²) in [5, 5.41) is 20.7. The normalized spacial score (nSPS) is 26.2. The van der Waals surface area contributed by atoms with E-state index < -0.39 is 18.2 Å². The quantitative estimate of drug-likeness (QED) is 0.494. The van der Waals surface area contributed by atoms with Gasteiger partial charge in [-0.2, -0.15) is 0 Å². The van der Waals surface area contributed by atoms with Crippen LogP contribution in [0, 0.1) is 11.8 Å². The smallest absolute Gasteiger partial charge is 0.137 e. The van der Waals surface area contributed by atoms with Crippen molar-refractivity contribution in [1.82, 2.24) is 0 Å². The lowest BCUT2D eigenvalue weighted by atomic mass is 9.73. The summed E-state index contributed by atoms with van der Waals surface area (Å²) in [4.78, 5) is 18.0. The number of carbonyl (C=O) groups is 1. The molecule has 4 rings (SSSR count). The maximum Gasteiger partial charge on any atom is 0.137 e. The molecule has 5 atom stereocenters. The third kappa shape index (κ3) is 5.61. The fourth-order valence-corrected chi connectivity index (χ4v) is 5.49. The molecule has 0 bridgehead atoms. The van der Waals surface area contributed by atoms with Gasteiger partial charge in [-0.1, -0.05) is 50.2 Å². The van der Waals surface area contributed by atoms with E-state index in [1.54, 1.807) is 7.11 Å². The molecule has 6 heteroatoms. The molecular formula is C30H38N2O4. The number of nitrogens with two attached hydrogens (primary N) is 1. The molecule has 0 spiro atoms. The molecule has 36 heavy (non-hydrogen) atoms. The van der Waals surface area contributed by atoms with Crippen LogP contribution < -0.4 is 10.5 Å². The van der Waals surface area contributed by atoms with E-state index >= 15 is 0 Å². The van der Waals surface area contributed by atoms with Gasteiger partial charge in [-0.05, 0) is 59.9 Å². The summed E-state index contributed by atoms with van der Waals surface area (Å²) in [6.07, 6.45) is 1.43. The molecule has 0 amide bonds.